The molecular formula is C24H23P. The van der Waals surface area contributed by atoms with E-state index in [-0.39, 0.29) is 7.92 Å². The molecule has 0 unspecified atom stereocenters. The van der Waals surface area contributed by atoms with Gasteiger partial charge >= 0.3 is 0 Å². The molecule has 1 heteroatoms. The first-order valence-corrected chi connectivity index (χ1v) is 10.3. The third kappa shape index (κ3) is 6.18. The average molecular weight is 342 g/mol. The standard InChI is InChI=1S/C24H23P/c1-4-10-22(11-5-1)16-19-25(20-17-23-12-6-2-7-13-23)21-18-24-14-8-3-9-15-24/h1-17,19-20H,18,21H2. The highest BCUT2D eigenvalue weighted by molar-refractivity contribution is 7.64. The number of hydrogen-bond acceptors (Lipinski definition) is 0. The van der Waals surface area contributed by atoms with Crippen LogP contribution in [0.25, 0.3) is 12.2 Å². The Morgan fingerprint density at radius 3 is 1.48 bits per heavy atom. The normalized spacial score (nSPS) is 12.6. The zero-order valence-electron chi connectivity index (χ0n) is 14.3. The van der Waals surface area contributed by atoms with E-state index in [1.54, 1.807) is 0 Å². The molecule has 25 heavy (non-hydrogen) atoms. The molecule has 0 amide bonds. The van der Waals surface area contributed by atoms with Gasteiger partial charge in [0.05, 0.1) is 0 Å². The Hall–Kier alpha value is -2.43. The summed E-state index contributed by atoms with van der Waals surface area (Å²) in [5.74, 6) is 4.76. The quantitative estimate of drug-likeness (QED) is 0.403. The highest BCUT2D eigenvalue weighted by Gasteiger charge is 2.01. The Morgan fingerprint density at radius 2 is 1.00 bits per heavy atom. The van der Waals surface area contributed by atoms with Gasteiger partial charge in [-0.05, 0) is 29.3 Å². The maximum absolute atomic E-state index is 2.38. The van der Waals surface area contributed by atoms with Crippen LogP contribution in [0, 0.1) is 0 Å². The maximum Gasteiger partial charge on any atom is -0.0216 e. The van der Waals surface area contributed by atoms with Crippen LogP contribution in [0.4, 0.5) is 0 Å². The summed E-state index contributed by atoms with van der Waals surface area (Å²) in [4.78, 5) is 0. The molecule has 0 aromatic heterocycles. The zero-order chi connectivity index (χ0) is 17.2. The Bertz CT molecular complexity index is 740. The van der Waals surface area contributed by atoms with E-state index in [4.69, 9.17) is 0 Å². The van der Waals surface area contributed by atoms with Gasteiger partial charge in [0.2, 0.25) is 0 Å². The lowest BCUT2D eigenvalue weighted by atomic mass is 10.2. The van der Waals surface area contributed by atoms with E-state index in [0.717, 1.165) is 6.42 Å². The molecule has 0 aliphatic heterocycles. The molecule has 3 aromatic rings. The van der Waals surface area contributed by atoms with E-state index < -0.39 is 0 Å². The van der Waals surface area contributed by atoms with Gasteiger partial charge in [-0.25, -0.2) is 0 Å². The fourth-order valence-corrected chi connectivity index (χ4v) is 4.23. The molecule has 0 saturated carbocycles. The van der Waals surface area contributed by atoms with Crippen molar-refractivity contribution in [3.05, 3.63) is 119 Å². The summed E-state index contributed by atoms with van der Waals surface area (Å²) in [6.07, 6.45) is 6.80. The van der Waals surface area contributed by atoms with Crippen LogP contribution < -0.4 is 0 Å². The van der Waals surface area contributed by atoms with Crippen LogP contribution in [0.3, 0.4) is 0 Å². The van der Waals surface area contributed by atoms with Gasteiger partial charge in [-0.2, -0.15) is 0 Å². The van der Waals surface area contributed by atoms with Crippen LogP contribution >= 0.6 is 7.92 Å². The smallest absolute Gasteiger partial charge is 0.0216 e. The first kappa shape index (κ1) is 17.4. The van der Waals surface area contributed by atoms with E-state index in [2.05, 4.69) is 115 Å². The first-order chi connectivity index (χ1) is 12.4. The van der Waals surface area contributed by atoms with Crippen molar-refractivity contribution in [2.45, 2.75) is 6.42 Å². The summed E-state index contributed by atoms with van der Waals surface area (Å²) in [6.45, 7) is 0. The molecule has 0 nitrogen and oxygen atoms in total. The van der Waals surface area contributed by atoms with E-state index in [9.17, 15) is 0 Å². The van der Waals surface area contributed by atoms with E-state index in [0.29, 0.717) is 0 Å². The Morgan fingerprint density at radius 1 is 0.560 bits per heavy atom. The van der Waals surface area contributed by atoms with Crippen molar-refractivity contribution in [3.63, 3.8) is 0 Å². The summed E-state index contributed by atoms with van der Waals surface area (Å²) in [6, 6.07) is 31.9. The van der Waals surface area contributed by atoms with Gasteiger partial charge in [0.25, 0.3) is 0 Å². The second kappa shape index (κ2) is 9.77. The molecule has 124 valence electrons. The lowest BCUT2D eigenvalue weighted by Crippen LogP contribution is -1.88. The summed E-state index contributed by atoms with van der Waals surface area (Å²) in [7, 11) is -0.293. The third-order valence-corrected chi connectivity index (χ3v) is 5.82. The van der Waals surface area contributed by atoms with Crippen molar-refractivity contribution in [2.24, 2.45) is 0 Å². The minimum Gasteiger partial charge on any atom is -0.0622 e. The molecule has 3 aromatic carbocycles. The van der Waals surface area contributed by atoms with Gasteiger partial charge in [-0.1, -0.05) is 123 Å². The van der Waals surface area contributed by atoms with Crippen molar-refractivity contribution in [1.29, 1.82) is 0 Å². The highest BCUT2D eigenvalue weighted by Crippen LogP contribution is 2.41. The monoisotopic (exact) mass is 342 g/mol. The Kier molecular flexibility index (Phi) is 6.80. The predicted molar refractivity (Wildman–Crippen MR) is 113 cm³/mol. The minimum atomic E-state index is -0.293. The third-order valence-electron chi connectivity index (χ3n) is 4.02. The van der Waals surface area contributed by atoms with Crippen molar-refractivity contribution >= 4 is 20.1 Å². The molecule has 0 aliphatic rings. The van der Waals surface area contributed by atoms with Crippen LogP contribution in [0.2, 0.25) is 0 Å². The SMILES string of the molecule is C(=CP(C=Cc1ccccc1)CCc1ccccc1)c1ccccc1. The van der Waals surface area contributed by atoms with Gasteiger partial charge < -0.3 is 0 Å². The molecular weight excluding hydrogens is 319 g/mol. The van der Waals surface area contributed by atoms with Crippen molar-refractivity contribution in [2.75, 3.05) is 6.16 Å². The molecule has 0 N–H and O–H groups in total. The number of aryl methyl sites for hydroxylation is 1. The summed E-state index contributed by atoms with van der Waals surface area (Å²) in [5.41, 5.74) is 3.95. The Labute approximate surface area is 152 Å². The van der Waals surface area contributed by atoms with Crippen LogP contribution in [-0.4, -0.2) is 6.16 Å². The molecule has 0 bridgehead atoms. The topological polar surface area (TPSA) is 0 Å². The fourth-order valence-electron chi connectivity index (χ4n) is 2.59. The van der Waals surface area contributed by atoms with Gasteiger partial charge in [-0.3, -0.25) is 0 Å². The summed E-state index contributed by atoms with van der Waals surface area (Å²) >= 11 is 0. The summed E-state index contributed by atoms with van der Waals surface area (Å²) in [5, 5.41) is 0. The lowest BCUT2D eigenvalue weighted by molar-refractivity contribution is 1.15. The highest BCUT2D eigenvalue weighted by atomic mass is 31.1. The number of rotatable bonds is 7. The summed E-state index contributed by atoms with van der Waals surface area (Å²) < 4.78 is 0. The van der Waals surface area contributed by atoms with E-state index >= 15 is 0 Å². The average Bonchev–Trinajstić information content (AvgIpc) is 2.70. The Balaban J connectivity index is 1.70. The fraction of sp³-hybridized carbons (Fsp3) is 0.0833. The minimum absolute atomic E-state index is 0.293. The molecule has 0 radical (unpaired) electrons. The maximum atomic E-state index is 2.38. The predicted octanol–water partition coefficient (Wildman–Crippen LogP) is 7.05. The second-order valence-corrected chi connectivity index (χ2v) is 8.00. The van der Waals surface area contributed by atoms with Crippen LogP contribution in [0.5, 0.6) is 0 Å². The largest absolute Gasteiger partial charge is 0.0622 e. The molecule has 0 heterocycles. The molecule has 0 spiro atoms. The number of benzene rings is 3. The van der Waals surface area contributed by atoms with Gasteiger partial charge in [-0.15, -0.1) is 0 Å². The van der Waals surface area contributed by atoms with Crippen LogP contribution in [0.15, 0.2) is 103 Å². The van der Waals surface area contributed by atoms with Crippen LogP contribution in [-0.2, 0) is 6.42 Å². The van der Waals surface area contributed by atoms with Crippen molar-refractivity contribution in [1.82, 2.24) is 0 Å². The zero-order valence-corrected chi connectivity index (χ0v) is 15.2. The van der Waals surface area contributed by atoms with E-state index in [1.807, 2.05) is 0 Å². The molecule has 0 saturated heterocycles. The second-order valence-electron chi connectivity index (χ2n) is 5.93. The number of hydrogen-bond donors (Lipinski definition) is 0. The molecule has 3 rings (SSSR count). The van der Waals surface area contributed by atoms with Crippen LogP contribution in [0.1, 0.15) is 16.7 Å². The van der Waals surface area contributed by atoms with E-state index in [1.165, 1.54) is 22.9 Å². The molecule has 0 aliphatic carbocycles. The lowest BCUT2D eigenvalue weighted by Gasteiger charge is -2.09. The van der Waals surface area contributed by atoms with Gasteiger partial charge in [0, 0.05) is 0 Å². The first-order valence-electron chi connectivity index (χ1n) is 8.66. The molecule has 0 fully saturated rings. The van der Waals surface area contributed by atoms with Gasteiger partial charge in [0.1, 0.15) is 0 Å². The molecule has 0 atom stereocenters. The van der Waals surface area contributed by atoms with Gasteiger partial charge in [0.15, 0.2) is 0 Å². The van der Waals surface area contributed by atoms with Crippen molar-refractivity contribution in [3.8, 4) is 0 Å². The van der Waals surface area contributed by atoms with Crippen molar-refractivity contribution < 1.29 is 0 Å².